The number of carbonyl (C=O) groups excluding carboxylic acids is 1. The molecule has 0 aliphatic carbocycles. The maximum absolute atomic E-state index is 12.1. The number of aryl methyl sites for hydroxylation is 1. The average molecular weight is 341 g/mol. The SMILES string of the molecule is Cc1cnc(COC(=O)c2ccnc(-c3ccc(Cl)cc3)n2)cn1. The van der Waals surface area contributed by atoms with Gasteiger partial charge in [-0.3, -0.25) is 9.97 Å². The van der Waals surface area contributed by atoms with Crippen molar-refractivity contribution >= 4 is 17.6 Å². The molecule has 0 saturated carbocycles. The quantitative estimate of drug-likeness (QED) is 0.678. The molecule has 0 amide bonds. The fraction of sp³-hybridized carbons (Fsp3) is 0.118. The van der Waals surface area contributed by atoms with Crippen LogP contribution < -0.4 is 0 Å². The van der Waals surface area contributed by atoms with Crippen LogP contribution in [-0.2, 0) is 11.3 Å². The molecule has 3 aromatic rings. The van der Waals surface area contributed by atoms with Crippen LogP contribution in [0.2, 0.25) is 5.02 Å². The van der Waals surface area contributed by atoms with Crippen molar-refractivity contribution in [2.24, 2.45) is 0 Å². The first-order valence-corrected chi connectivity index (χ1v) is 7.53. The van der Waals surface area contributed by atoms with Crippen molar-refractivity contribution in [3.05, 3.63) is 71.0 Å². The maximum atomic E-state index is 12.1. The van der Waals surface area contributed by atoms with Crippen molar-refractivity contribution in [1.82, 2.24) is 19.9 Å². The van der Waals surface area contributed by atoms with E-state index in [2.05, 4.69) is 19.9 Å². The molecule has 3 rings (SSSR count). The number of nitrogens with zero attached hydrogens (tertiary/aromatic N) is 4. The van der Waals surface area contributed by atoms with Crippen molar-refractivity contribution in [3.8, 4) is 11.4 Å². The Bertz CT molecular complexity index is 851. The van der Waals surface area contributed by atoms with Crippen LogP contribution in [0.1, 0.15) is 21.9 Å². The van der Waals surface area contributed by atoms with Gasteiger partial charge in [-0.25, -0.2) is 14.8 Å². The average Bonchev–Trinajstić information content (AvgIpc) is 2.62. The van der Waals surface area contributed by atoms with E-state index in [1.165, 1.54) is 12.3 Å². The number of benzene rings is 1. The van der Waals surface area contributed by atoms with Gasteiger partial charge in [-0.1, -0.05) is 11.6 Å². The zero-order chi connectivity index (χ0) is 16.9. The third kappa shape index (κ3) is 3.91. The Morgan fingerprint density at radius 1 is 1.08 bits per heavy atom. The van der Waals surface area contributed by atoms with Gasteiger partial charge in [0.15, 0.2) is 11.5 Å². The van der Waals surface area contributed by atoms with Crippen LogP contribution in [-0.4, -0.2) is 25.9 Å². The molecule has 0 unspecified atom stereocenters. The zero-order valence-electron chi connectivity index (χ0n) is 12.8. The van der Waals surface area contributed by atoms with Gasteiger partial charge in [-0.05, 0) is 37.3 Å². The first-order valence-electron chi connectivity index (χ1n) is 7.15. The number of carbonyl (C=O) groups is 1. The summed E-state index contributed by atoms with van der Waals surface area (Å²) in [6.07, 6.45) is 4.70. The summed E-state index contributed by atoms with van der Waals surface area (Å²) in [6.45, 7) is 1.87. The van der Waals surface area contributed by atoms with Crippen LogP contribution in [0.15, 0.2) is 48.9 Å². The van der Waals surface area contributed by atoms with Gasteiger partial charge >= 0.3 is 5.97 Å². The number of halogens is 1. The summed E-state index contributed by atoms with van der Waals surface area (Å²) in [5.41, 5.74) is 2.31. The Labute approximate surface area is 143 Å². The Morgan fingerprint density at radius 2 is 1.88 bits per heavy atom. The predicted octanol–water partition coefficient (Wildman–Crippen LogP) is 3.25. The van der Waals surface area contributed by atoms with Crippen molar-refractivity contribution in [2.75, 3.05) is 0 Å². The van der Waals surface area contributed by atoms with Crippen molar-refractivity contribution < 1.29 is 9.53 Å². The van der Waals surface area contributed by atoms with E-state index in [4.69, 9.17) is 16.3 Å². The minimum atomic E-state index is -0.546. The van der Waals surface area contributed by atoms with Crippen LogP contribution >= 0.6 is 11.6 Å². The van der Waals surface area contributed by atoms with Gasteiger partial charge in [0.05, 0.1) is 17.6 Å². The van der Waals surface area contributed by atoms with Gasteiger partial charge < -0.3 is 4.74 Å². The van der Waals surface area contributed by atoms with Gasteiger partial charge in [0.1, 0.15) is 6.61 Å². The normalized spacial score (nSPS) is 10.4. The van der Waals surface area contributed by atoms with Crippen molar-refractivity contribution in [1.29, 1.82) is 0 Å². The van der Waals surface area contributed by atoms with E-state index in [1.54, 1.807) is 36.7 Å². The molecule has 0 saturated heterocycles. The molecule has 24 heavy (non-hydrogen) atoms. The number of hydrogen-bond donors (Lipinski definition) is 0. The first kappa shape index (κ1) is 16.0. The molecule has 0 atom stereocenters. The Morgan fingerprint density at radius 3 is 2.58 bits per heavy atom. The van der Waals surface area contributed by atoms with Crippen LogP contribution in [0.3, 0.4) is 0 Å². The fourth-order valence-electron chi connectivity index (χ4n) is 1.92. The Balaban J connectivity index is 1.72. The Hall–Kier alpha value is -2.86. The summed E-state index contributed by atoms with van der Waals surface area (Å²) >= 11 is 5.86. The van der Waals surface area contributed by atoms with E-state index in [1.807, 2.05) is 6.92 Å². The monoisotopic (exact) mass is 340 g/mol. The minimum absolute atomic E-state index is 0.0341. The molecule has 1 aromatic carbocycles. The number of ether oxygens (including phenoxy) is 1. The van der Waals surface area contributed by atoms with Crippen LogP contribution in [0.5, 0.6) is 0 Å². The second kappa shape index (κ2) is 7.14. The first-order chi connectivity index (χ1) is 11.6. The summed E-state index contributed by atoms with van der Waals surface area (Å²) < 4.78 is 5.21. The molecule has 7 heteroatoms. The second-order valence-corrected chi connectivity index (χ2v) is 5.43. The lowest BCUT2D eigenvalue weighted by Gasteiger charge is -2.05. The largest absolute Gasteiger partial charge is 0.454 e. The van der Waals surface area contributed by atoms with Gasteiger partial charge in [0.25, 0.3) is 0 Å². The topological polar surface area (TPSA) is 77.9 Å². The van der Waals surface area contributed by atoms with Gasteiger partial charge in [-0.15, -0.1) is 0 Å². The Kier molecular flexibility index (Phi) is 4.77. The molecule has 0 N–H and O–H groups in total. The van der Waals surface area contributed by atoms with Gasteiger partial charge in [-0.2, -0.15) is 0 Å². The molecular formula is C17H13ClN4O2. The van der Waals surface area contributed by atoms with Crippen LogP contribution in [0, 0.1) is 6.92 Å². The highest BCUT2D eigenvalue weighted by atomic mass is 35.5. The van der Waals surface area contributed by atoms with Crippen LogP contribution in [0.25, 0.3) is 11.4 Å². The predicted molar refractivity (Wildman–Crippen MR) is 88.4 cm³/mol. The standard InChI is InChI=1S/C17H13ClN4O2/c1-11-8-21-14(9-20-11)10-24-17(23)15-6-7-19-16(22-15)12-2-4-13(18)5-3-12/h2-9H,10H2,1H3. The van der Waals surface area contributed by atoms with E-state index in [9.17, 15) is 4.79 Å². The third-order valence-electron chi connectivity index (χ3n) is 3.15. The molecule has 0 bridgehead atoms. The van der Waals surface area contributed by atoms with Crippen molar-refractivity contribution in [3.63, 3.8) is 0 Å². The highest BCUT2D eigenvalue weighted by Crippen LogP contribution is 2.18. The molecule has 2 aromatic heterocycles. The lowest BCUT2D eigenvalue weighted by atomic mass is 10.2. The molecule has 0 radical (unpaired) electrons. The van der Waals surface area contributed by atoms with E-state index in [0.717, 1.165) is 11.3 Å². The highest BCUT2D eigenvalue weighted by molar-refractivity contribution is 6.30. The van der Waals surface area contributed by atoms with E-state index >= 15 is 0 Å². The second-order valence-electron chi connectivity index (χ2n) is 5.00. The molecule has 0 aliphatic rings. The summed E-state index contributed by atoms with van der Waals surface area (Å²) in [5.74, 6) is -0.119. The van der Waals surface area contributed by atoms with E-state index in [0.29, 0.717) is 16.5 Å². The third-order valence-corrected chi connectivity index (χ3v) is 3.40. The smallest absolute Gasteiger partial charge is 0.357 e. The lowest BCUT2D eigenvalue weighted by Crippen LogP contribution is -2.09. The molecule has 120 valence electrons. The molecule has 0 aliphatic heterocycles. The van der Waals surface area contributed by atoms with Gasteiger partial charge in [0, 0.05) is 23.0 Å². The fourth-order valence-corrected chi connectivity index (χ4v) is 2.04. The van der Waals surface area contributed by atoms with E-state index in [-0.39, 0.29) is 12.3 Å². The molecule has 2 heterocycles. The molecule has 0 spiro atoms. The maximum Gasteiger partial charge on any atom is 0.357 e. The summed E-state index contributed by atoms with van der Waals surface area (Å²) in [5, 5.41) is 0.619. The molecular weight excluding hydrogens is 328 g/mol. The molecule has 6 nitrogen and oxygen atoms in total. The molecule has 0 fully saturated rings. The summed E-state index contributed by atoms with van der Waals surface area (Å²) in [7, 11) is 0. The number of hydrogen-bond acceptors (Lipinski definition) is 6. The summed E-state index contributed by atoms with van der Waals surface area (Å²) in [6, 6.07) is 8.55. The van der Waals surface area contributed by atoms with E-state index < -0.39 is 5.97 Å². The number of rotatable bonds is 4. The minimum Gasteiger partial charge on any atom is -0.454 e. The van der Waals surface area contributed by atoms with Gasteiger partial charge in [0.2, 0.25) is 0 Å². The highest BCUT2D eigenvalue weighted by Gasteiger charge is 2.12. The number of esters is 1. The van der Waals surface area contributed by atoms with Crippen LogP contribution in [0.4, 0.5) is 0 Å². The zero-order valence-corrected chi connectivity index (χ0v) is 13.6. The van der Waals surface area contributed by atoms with Crippen molar-refractivity contribution in [2.45, 2.75) is 13.5 Å². The lowest BCUT2D eigenvalue weighted by molar-refractivity contribution is 0.0460. The summed E-state index contributed by atoms with van der Waals surface area (Å²) in [4.78, 5) is 28.8. The number of aromatic nitrogens is 4.